The maximum absolute atomic E-state index is 11.4. The summed E-state index contributed by atoms with van der Waals surface area (Å²) >= 11 is 0. The van der Waals surface area contributed by atoms with Crippen LogP contribution < -0.4 is 10.6 Å². The van der Waals surface area contributed by atoms with Gasteiger partial charge in [0.1, 0.15) is 0 Å². The molecule has 0 heterocycles. The van der Waals surface area contributed by atoms with Crippen LogP contribution in [0.2, 0.25) is 0 Å². The van der Waals surface area contributed by atoms with Gasteiger partial charge in [-0.05, 0) is 31.6 Å². The number of nitrogens with one attached hydrogen (secondary N) is 2. The van der Waals surface area contributed by atoms with E-state index in [0.29, 0.717) is 19.5 Å². The summed E-state index contributed by atoms with van der Waals surface area (Å²) in [7, 11) is 0. The zero-order valence-corrected chi connectivity index (χ0v) is 12.2. The standard InChI is InChI=1S/C14H26N2O3/c1-4-5-6-10-15-13(19)16-11-9-14(2,3)8-7-12(17)18/h4-5H,6-11H2,1-3H3,(H,17,18)(H2,15,16,19)/b5-4+. The van der Waals surface area contributed by atoms with E-state index in [2.05, 4.69) is 10.6 Å². The molecule has 0 aromatic rings. The first-order chi connectivity index (χ1) is 8.87. The van der Waals surface area contributed by atoms with Crippen LogP contribution in [0, 0.1) is 5.41 Å². The summed E-state index contributed by atoms with van der Waals surface area (Å²) in [5, 5.41) is 14.2. The van der Waals surface area contributed by atoms with Crippen LogP contribution in [0.15, 0.2) is 12.2 Å². The quantitative estimate of drug-likeness (QED) is 0.445. The summed E-state index contributed by atoms with van der Waals surface area (Å²) in [6, 6.07) is -0.168. The summed E-state index contributed by atoms with van der Waals surface area (Å²) in [6.07, 6.45) is 6.33. The minimum atomic E-state index is -0.775. The molecule has 0 aliphatic carbocycles. The molecule has 19 heavy (non-hydrogen) atoms. The van der Waals surface area contributed by atoms with Crippen molar-refractivity contribution in [2.45, 2.75) is 46.5 Å². The van der Waals surface area contributed by atoms with E-state index < -0.39 is 5.97 Å². The molecular formula is C14H26N2O3. The fourth-order valence-electron chi connectivity index (χ4n) is 1.58. The molecular weight excluding hydrogens is 244 g/mol. The number of rotatable bonds is 9. The number of allylic oxidation sites excluding steroid dienone is 1. The largest absolute Gasteiger partial charge is 0.481 e. The zero-order chi connectivity index (χ0) is 14.7. The normalized spacial score (nSPS) is 11.5. The monoisotopic (exact) mass is 270 g/mol. The SMILES string of the molecule is C/C=C/CCNC(=O)NCCC(C)(C)CCC(=O)O. The number of carboxylic acids is 1. The third-order valence-corrected chi connectivity index (χ3v) is 2.94. The molecule has 3 N–H and O–H groups in total. The van der Waals surface area contributed by atoms with E-state index in [1.807, 2.05) is 32.9 Å². The van der Waals surface area contributed by atoms with Gasteiger partial charge in [0.05, 0.1) is 0 Å². The van der Waals surface area contributed by atoms with Crippen LogP contribution in [-0.4, -0.2) is 30.2 Å². The predicted molar refractivity (Wildman–Crippen MR) is 76.1 cm³/mol. The van der Waals surface area contributed by atoms with Crippen molar-refractivity contribution >= 4 is 12.0 Å². The number of carbonyl (C=O) groups excluding carboxylic acids is 1. The molecule has 5 heteroatoms. The molecule has 5 nitrogen and oxygen atoms in total. The van der Waals surface area contributed by atoms with Gasteiger partial charge in [0.15, 0.2) is 0 Å². The Hall–Kier alpha value is -1.52. The number of carbonyl (C=O) groups is 2. The highest BCUT2D eigenvalue weighted by Crippen LogP contribution is 2.25. The smallest absolute Gasteiger partial charge is 0.314 e. The highest BCUT2D eigenvalue weighted by Gasteiger charge is 2.19. The van der Waals surface area contributed by atoms with Crippen molar-refractivity contribution in [1.82, 2.24) is 10.6 Å². The van der Waals surface area contributed by atoms with Crippen molar-refractivity contribution in [1.29, 1.82) is 0 Å². The lowest BCUT2D eigenvalue weighted by atomic mass is 9.84. The van der Waals surface area contributed by atoms with E-state index in [-0.39, 0.29) is 17.9 Å². The second-order valence-electron chi connectivity index (χ2n) is 5.35. The van der Waals surface area contributed by atoms with Crippen molar-refractivity contribution in [3.8, 4) is 0 Å². The number of aliphatic carboxylic acids is 1. The summed E-state index contributed by atoms with van der Waals surface area (Å²) in [4.78, 5) is 21.9. The Morgan fingerprint density at radius 1 is 1.16 bits per heavy atom. The topological polar surface area (TPSA) is 78.4 Å². The van der Waals surface area contributed by atoms with E-state index in [0.717, 1.165) is 12.8 Å². The van der Waals surface area contributed by atoms with Crippen LogP contribution in [0.3, 0.4) is 0 Å². The highest BCUT2D eigenvalue weighted by molar-refractivity contribution is 5.73. The van der Waals surface area contributed by atoms with Gasteiger partial charge in [-0.25, -0.2) is 4.79 Å². The predicted octanol–water partition coefficient (Wildman–Crippen LogP) is 2.53. The Labute approximate surface area is 115 Å². The van der Waals surface area contributed by atoms with Gasteiger partial charge < -0.3 is 15.7 Å². The third kappa shape index (κ3) is 11.3. The van der Waals surface area contributed by atoms with Crippen LogP contribution in [0.25, 0.3) is 0 Å². The molecule has 0 aliphatic heterocycles. The van der Waals surface area contributed by atoms with Gasteiger partial charge in [-0.3, -0.25) is 4.79 Å². The number of hydrogen-bond acceptors (Lipinski definition) is 2. The van der Waals surface area contributed by atoms with Crippen LogP contribution >= 0.6 is 0 Å². The molecule has 0 radical (unpaired) electrons. The van der Waals surface area contributed by atoms with Crippen molar-refractivity contribution in [2.75, 3.05) is 13.1 Å². The van der Waals surface area contributed by atoms with Crippen LogP contribution in [0.5, 0.6) is 0 Å². The minimum absolute atomic E-state index is 0.0728. The first-order valence-electron chi connectivity index (χ1n) is 6.72. The van der Waals surface area contributed by atoms with Crippen molar-refractivity contribution < 1.29 is 14.7 Å². The molecule has 0 atom stereocenters. The zero-order valence-electron chi connectivity index (χ0n) is 12.2. The molecule has 0 aromatic carbocycles. The number of hydrogen-bond donors (Lipinski definition) is 3. The van der Waals surface area contributed by atoms with Gasteiger partial charge in [0.2, 0.25) is 0 Å². The molecule has 0 unspecified atom stereocenters. The van der Waals surface area contributed by atoms with Gasteiger partial charge >= 0.3 is 12.0 Å². The van der Waals surface area contributed by atoms with Crippen molar-refractivity contribution in [3.63, 3.8) is 0 Å². The Bertz CT molecular complexity index is 312. The molecule has 0 saturated carbocycles. The maximum atomic E-state index is 11.4. The van der Waals surface area contributed by atoms with Gasteiger partial charge in [0.25, 0.3) is 0 Å². The number of carboxylic acid groups (broad SMARTS) is 1. The van der Waals surface area contributed by atoms with Gasteiger partial charge in [-0.15, -0.1) is 0 Å². The van der Waals surface area contributed by atoms with Crippen LogP contribution in [0.4, 0.5) is 4.79 Å². The summed E-state index contributed by atoms with van der Waals surface area (Å²) in [5.74, 6) is -0.775. The first kappa shape index (κ1) is 17.5. The van der Waals surface area contributed by atoms with Crippen molar-refractivity contribution in [2.24, 2.45) is 5.41 Å². The second kappa shape index (κ2) is 9.42. The average Bonchev–Trinajstić information content (AvgIpc) is 2.32. The molecule has 0 bridgehead atoms. The third-order valence-electron chi connectivity index (χ3n) is 2.94. The Morgan fingerprint density at radius 2 is 1.79 bits per heavy atom. The lowest BCUT2D eigenvalue weighted by molar-refractivity contribution is -0.137. The van der Waals surface area contributed by atoms with Gasteiger partial charge in [-0.2, -0.15) is 0 Å². The maximum Gasteiger partial charge on any atom is 0.314 e. The molecule has 2 amide bonds. The van der Waals surface area contributed by atoms with E-state index in [1.165, 1.54) is 0 Å². The molecule has 0 fully saturated rings. The Balaban J connectivity index is 3.70. The van der Waals surface area contributed by atoms with Gasteiger partial charge in [0, 0.05) is 19.5 Å². The molecule has 0 spiro atoms. The summed E-state index contributed by atoms with van der Waals surface area (Å²) < 4.78 is 0. The van der Waals surface area contributed by atoms with E-state index in [9.17, 15) is 9.59 Å². The Kier molecular flexibility index (Phi) is 8.66. The molecule has 110 valence electrons. The van der Waals surface area contributed by atoms with Crippen molar-refractivity contribution in [3.05, 3.63) is 12.2 Å². The molecule has 0 saturated heterocycles. The highest BCUT2D eigenvalue weighted by atomic mass is 16.4. The fourth-order valence-corrected chi connectivity index (χ4v) is 1.58. The molecule has 0 aromatic heterocycles. The number of urea groups is 1. The van der Waals surface area contributed by atoms with E-state index >= 15 is 0 Å². The molecule has 0 rings (SSSR count). The van der Waals surface area contributed by atoms with Gasteiger partial charge in [-0.1, -0.05) is 26.0 Å². The van der Waals surface area contributed by atoms with E-state index in [4.69, 9.17) is 5.11 Å². The molecule has 0 aliphatic rings. The summed E-state index contributed by atoms with van der Waals surface area (Å²) in [5.41, 5.74) is -0.0728. The average molecular weight is 270 g/mol. The fraction of sp³-hybridized carbons (Fsp3) is 0.714. The minimum Gasteiger partial charge on any atom is -0.481 e. The first-order valence-corrected chi connectivity index (χ1v) is 6.72. The second-order valence-corrected chi connectivity index (χ2v) is 5.35. The number of amides is 2. The van der Waals surface area contributed by atoms with Crippen LogP contribution in [0.1, 0.15) is 46.5 Å². The lowest BCUT2D eigenvalue weighted by Gasteiger charge is -2.23. The summed E-state index contributed by atoms with van der Waals surface area (Å²) in [6.45, 7) is 7.16. The van der Waals surface area contributed by atoms with Crippen LogP contribution in [-0.2, 0) is 4.79 Å². The lowest BCUT2D eigenvalue weighted by Crippen LogP contribution is -2.37. The Morgan fingerprint density at radius 3 is 2.37 bits per heavy atom. The van der Waals surface area contributed by atoms with E-state index in [1.54, 1.807) is 0 Å².